The van der Waals surface area contributed by atoms with Gasteiger partial charge in [0.05, 0.1) is 4.90 Å². The summed E-state index contributed by atoms with van der Waals surface area (Å²) < 4.78 is 23.1. The molecule has 6 nitrogen and oxygen atoms in total. The number of likely N-dealkylation sites (tertiary alicyclic amines) is 1. The van der Waals surface area contributed by atoms with Crippen molar-refractivity contribution in [3.8, 4) is 0 Å². The molecule has 31 heavy (non-hydrogen) atoms. The Morgan fingerprint density at radius 3 is 2.32 bits per heavy atom. The Bertz CT molecular complexity index is 951. The van der Waals surface area contributed by atoms with Crippen LogP contribution in [0, 0.1) is 0 Å². The van der Waals surface area contributed by atoms with E-state index in [4.69, 9.17) is 0 Å². The second kappa shape index (κ2) is 10.8. The summed E-state index contributed by atoms with van der Waals surface area (Å²) in [6.07, 6.45) is 4.21. The summed E-state index contributed by atoms with van der Waals surface area (Å²) >= 11 is 0. The third kappa shape index (κ3) is 6.80. The lowest BCUT2D eigenvalue weighted by Crippen LogP contribution is -2.49. The normalized spacial score (nSPS) is 17.3. The highest BCUT2D eigenvalue weighted by Crippen LogP contribution is 2.24. The van der Waals surface area contributed by atoms with Crippen LogP contribution in [0.5, 0.6) is 0 Å². The first kappa shape index (κ1) is 23.3. The number of nitrogens with zero attached hydrogens (tertiary/aromatic N) is 2. The topological polar surface area (TPSA) is 73.8 Å². The molecule has 1 aliphatic rings. The minimum atomic E-state index is -3.15. The van der Waals surface area contributed by atoms with E-state index in [1.807, 2.05) is 12.1 Å². The van der Waals surface area contributed by atoms with Crippen LogP contribution < -0.4 is 10.6 Å². The van der Waals surface area contributed by atoms with Gasteiger partial charge in [-0.25, -0.2) is 8.42 Å². The Kier molecular flexibility index (Phi) is 8.09. The third-order valence-corrected chi connectivity index (χ3v) is 7.11. The van der Waals surface area contributed by atoms with Crippen LogP contribution in [0.25, 0.3) is 0 Å². The van der Waals surface area contributed by atoms with E-state index in [2.05, 4.69) is 57.8 Å². The number of benzene rings is 2. The molecule has 1 unspecified atom stereocenters. The van der Waals surface area contributed by atoms with Gasteiger partial charge in [-0.3, -0.25) is 9.89 Å². The smallest absolute Gasteiger partial charge is 0.191 e. The van der Waals surface area contributed by atoms with Crippen LogP contribution in [0.15, 0.2) is 64.5 Å². The van der Waals surface area contributed by atoms with Crippen LogP contribution in [0.2, 0.25) is 0 Å². The summed E-state index contributed by atoms with van der Waals surface area (Å²) in [6.45, 7) is 5.16. The van der Waals surface area contributed by atoms with Crippen molar-refractivity contribution in [2.75, 3.05) is 32.9 Å². The molecule has 2 N–H and O–H groups in total. The van der Waals surface area contributed by atoms with Gasteiger partial charge in [-0.2, -0.15) is 0 Å². The zero-order valence-corrected chi connectivity index (χ0v) is 19.5. The molecule has 0 saturated carbocycles. The van der Waals surface area contributed by atoms with E-state index in [9.17, 15) is 8.42 Å². The molecule has 1 fully saturated rings. The lowest BCUT2D eigenvalue weighted by atomic mass is 10.0. The molecule has 2 aromatic rings. The molecule has 2 aromatic carbocycles. The van der Waals surface area contributed by atoms with Crippen molar-refractivity contribution < 1.29 is 8.42 Å². The summed E-state index contributed by atoms with van der Waals surface area (Å²) in [6, 6.07) is 18.6. The minimum Gasteiger partial charge on any atom is -0.356 e. The van der Waals surface area contributed by atoms with Crippen LogP contribution in [-0.4, -0.2) is 58.3 Å². The Morgan fingerprint density at radius 2 is 1.74 bits per heavy atom. The van der Waals surface area contributed by atoms with Crippen molar-refractivity contribution in [2.45, 2.75) is 43.2 Å². The van der Waals surface area contributed by atoms with Gasteiger partial charge in [0.25, 0.3) is 0 Å². The summed E-state index contributed by atoms with van der Waals surface area (Å²) in [5.41, 5.74) is 2.47. The number of nitrogens with one attached hydrogen (secondary N) is 2. The Hall–Kier alpha value is -2.38. The first-order chi connectivity index (χ1) is 14.9. The number of hydrogen-bond acceptors (Lipinski definition) is 4. The molecule has 0 amide bonds. The number of guanidine groups is 1. The molecule has 168 valence electrons. The summed E-state index contributed by atoms with van der Waals surface area (Å²) in [7, 11) is -1.35. The van der Waals surface area contributed by atoms with Gasteiger partial charge in [0.1, 0.15) is 0 Å². The average molecular weight is 443 g/mol. The zero-order chi connectivity index (χ0) is 22.3. The lowest BCUT2D eigenvalue weighted by molar-refractivity contribution is 0.158. The predicted octanol–water partition coefficient (Wildman–Crippen LogP) is 3.02. The highest BCUT2D eigenvalue weighted by molar-refractivity contribution is 7.90. The van der Waals surface area contributed by atoms with Crippen molar-refractivity contribution in [1.29, 1.82) is 0 Å². The molecule has 0 radical (unpaired) electrons. The van der Waals surface area contributed by atoms with Crippen LogP contribution in [0.4, 0.5) is 0 Å². The number of hydrogen-bond donors (Lipinski definition) is 2. The van der Waals surface area contributed by atoms with Crippen LogP contribution in [-0.2, 0) is 16.3 Å². The molecular formula is C24H34N4O2S. The molecule has 7 heteroatoms. The van der Waals surface area contributed by atoms with E-state index in [1.54, 1.807) is 19.2 Å². The van der Waals surface area contributed by atoms with E-state index < -0.39 is 9.84 Å². The second-order valence-electron chi connectivity index (χ2n) is 8.21. The van der Waals surface area contributed by atoms with Gasteiger partial charge in [-0.15, -0.1) is 0 Å². The summed E-state index contributed by atoms with van der Waals surface area (Å²) in [5.74, 6) is 0.822. The maximum atomic E-state index is 11.6. The highest BCUT2D eigenvalue weighted by atomic mass is 32.2. The lowest BCUT2D eigenvalue weighted by Gasteiger charge is -2.37. The number of rotatable bonds is 7. The molecule has 3 rings (SSSR count). The van der Waals surface area contributed by atoms with Gasteiger partial charge < -0.3 is 10.6 Å². The molecule has 1 saturated heterocycles. The molecule has 1 aliphatic heterocycles. The van der Waals surface area contributed by atoms with Crippen molar-refractivity contribution in [3.05, 3.63) is 65.7 Å². The largest absolute Gasteiger partial charge is 0.356 e. The van der Waals surface area contributed by atoms with Crippen LogP contribution in [0.3, 0.4) is 0 Å². The Balaban J connectivity index is 1.41. The number of sulfone groups is 1. The van der Waals surface area contributed by atoms with Gasteiger partial charge >= 0.3 is 0 Å². The van der Waals surface area contributed by atoms with E-state index in [0.29, 0.717) is 17.0 Å². The SMILES string of the molecule is CN=C(NCCc1ccc(S(C)(=O)=O)cc1)NC1CCN(C(C)c2ccccc2)CC1. The Morgan fingerprint density at radius 1 is 1.10 bits per heavy atom. The van der Waals surface area contributed by atoms with E-state index >= 15 is 0 Å². The van der Waals surface area contributed by atoms with E-state index in [0.717, 1.165) is 50.4 Å². The van der Waals surface area contributed by atoms with E-state index in [1.165, 1.54) is 11.8 Å². The molecule has 0 aliphatic carbocycles. The molecule has 0 spiro atoms. The van der Waals surface area contributed by atoms with Gasteiger partial charge in [0.2, 0.25) is 0 Å². The molecule has 0 aromatic heterocycles. The third-order valence-electron chi connectivity index (χ3n) is 5.98. The van der Waals surface area contributed by atoms with Gasteiger partial charge in [0, 0.05) is 45.0 Å². The fourth-order valence-electron chi connectivity index (χ4n) is 3.99. The Labute approximate surface area is 186 Å². The fourth-order valence-corrected chi connectivity index (χ4v) is 4.62. The molecular weight excluding hydrogens is 408 g/mol. The monoisotopic (exact) mass is 442 g/mol. The van der Waals surface area contributed by atoms with Crippen molar-refractivity contribution in [2.24, 2.45) is 4.99 Å². The average Bonchev–Trinajstić information content (AvgIpc) is 2.78. The first-order valence-corrected chi connectivity index (χ1v) is 12.8. The standard InChI is InChI=1S/C24H34N4O2S/c1-19(21-7-5-4-6-8-21)28-17-14-22(15-18-28)27-24(25-2)26-16-13-20-9-11-23(12-10-20)31(3,29)30/h4-12,19,22H,13-18H2,1-3H3,(H2,25,26,27). The minimum absolute atomic E-state index is 0.356. The quantitative estimate of drug-likeness (QED) is 0.509. The maximum absolute atomic E-state index is 11.6. The van der Waals surface area contributed by atoms with Crippen molar-refractivity contribution in [3.63, 3.8) is 0 Å². The van der Waals surface area contributed by atoms with Gasteiger partial charge in [-0.1, -0.05) is 42.5 Å². The summed E-state index contributed by atoms with van der Waals surface area (Å²) in [4.78, 5) is 7.26. The van der Waals surface area contributed by atoms with Crippen LogP contribution >= 0.6 is 0 Å². The van der Waals surface area contributed by atoms with Crippen molar-refractivity contribution >= 4 is 15.8 Å². The van der Waals surface area contributed by atoms with E-state index in [-0.39, 0.29) is 0 Å². The fraction of sp³-hybridized carbons (Fsp3) is 0.458. The second-order valence-corrected chi connectivity index (χ2v) is 10.2. The first-order valence-electron chi connectivity index (χ1n) is 10.9. The maximum Gasteiger partial charge on any atom is 0.191 e. The number of aliphatic imine (C=N–C) groups is 1. The molecule has 1 atom stereocenters. The molecule has 0 bridgehead atoms. The van der Waals surface area contributed by atoms with Gasteiger partial charge in [0.15, 0.2) is 15.8 Å². The van der Waals surface area contributed by atoms with Crippen LogP contribution in [0.1, 0.15) is 36.9 Å². The number of piperidine rings is 1. The van der Waals surface area contributed by atoms with Gasteiger partial charge in [-0.05, 0) is 49.4 Å². The highest BCUT2D eigenvalue weighted by Gasteiger charge is 2.23. The summed E-state index contributed by atoms with van der Waals surface area (Å²) in [5, 5.41) is 6.93. The van der Waals surface area contributed by atoms with Crippen molar-refractivity contribution in [1.82, 2.24) is 15.5 Å². The zero-order valence-electron chi connectivity index (χ0n) is 18.7. The predicted molar refractivity (Wildman–Crippen MR) is 127 cm³/mol. The molecule has 1 heterocycles.